The number of rotatable bonds is 16. The fourth-order valence-corrected chi connectivity index (χ4v) is 5.77. The molecule has 1 aliphatic carbocycles. The Morgan fingerprint density at radius 1 is 0.800 bits per heavy atom. The van der Waals surface area contributed by atoms with Gasteiger partial charge < -0.3 is 4.74 Å². The number of aryl methyl sites for hydroxylation is 2. The van der Waals surface area contributed by atoms with E-state index in [9.17, 15) is 0 Å². The second-order valence-corrected chi connectivity index (χ2v) is 11.0. The molecule has 35 heavy (non-hydrogen) atoms. The second kappa shape index (κ2) is 15.3. The van der Waals surface area contributed by atoms with Crippen molar-refractivity contribution in [3.63, 3.8) is 0 Å². The maximum absolute atomic E-state index is 5.71. The molecule has 1 saturated carbocycles. The number of hydrogen-bond donors (Lipinski definition) is 0. The third-order valence-electron chi connectivity index (χ3n) is 8.15. The van der Waals surface area contributed by atoms with Gasteiger partial charge in [-0.3, -0.25) is 0 Å². The van der Waals surface area contributed by atoms with E-state index >= 15 is 0 Å². The van der Waals surface area contributed by atoms with Gasteiger partial charge in [0.05, 0.1) is 19.0 Å². The molecule has 0 amide bonds. The summed E-state index contributed by atoms with van der Waals surface area (Å²) in [5.41, 5.74) is 4.56. The molecule has 194 valence electrons. The van der Waals surface area contributed by atoms with Crippen molar-refractivity contribution in [3.8, 4) is 17.1 Å². The Bertz CT molecular complexity index is 839. The molecule has 0 N–H and O–H groups in total. The summed E-state index contributed by atoms with van der Waals surface area (Å²) in [5, 5.41) is 0. The molecule has 0 radical (unpaired) electrons. The van der Waals surface area contributed by atoms with E-state index in [-0.39, 0.29) is 0 Å². The van der Waals surface area contributed by atoms with Crippen molar-refractivity contribution in [3.05, 3.63) is 41.7 Å². The lowest BCUT2D eigenvalue weighted by Gasteiger charge is -2.38. The lowest BCUT2D eigenvalue weighted by molar-refractivity contribution is 0.152. The monoisotopic (exact) mass is 478 g/mol. The normalized spacial score (nSPS) is 15.3. The van der Waals surface area contributed by atoms with Crippen molar-refractivity contribution in [1.29, 1.82) is 0 Å². The van der Waals surface area contributed by atoms with Crippen LogP contribution in [-0.4, -0.2) is 16.6 Å². The van der Waals surface area contributed by atoms with E-state index < -0.39 is 0 Å². The van der Waals surface area contributed by atoms with Crippen LogP contribution in [-0.2, 0) is 6.42 Å². The van der Waals surface area contributed by atoms with E-state index in [1.54, 1.807) is 12.4 Å². The minimum absolute atomic E-state index is 0.587. The lowest BCUT2D eigenvalue weighted by atomic mass is 9.67. The van der Waals surface area contributed by atoms with E-state index in [0.29, 0.717) is 5.41 Å². The first-order valence-electron chi connectivity index (χ1n) is 14.7. The van der Waals surface area contributed by atoms with Crippen LogP contribution in [0.2, 0.25) is 0 Å². The summed E-state index contributed by atoms with van der Waals surface area (Å²) in [4.78, 5) is 9.12. The van der Waals surface area contributed by atoms with Crippen molar-refractivity contribution in [2.24, 2.45) is 5.41 Å². The Balaban J connectivity index is 1.53. The van der Waals surface area contributed by atoms with Crippen LogP contribution in [0.25, 0.3) is 11.4 Å². The summed E-state index contributed by atoms with van der Waals surface area (Å²) >= 11 is 0. The number of hydrogen-bond acceptors (Lipinski definition) is 3. The van der Waals surface area contributed by atoms with Crippen molar-refractivity contribution in [1.82, 2.24) is 9.97 Å². The van der Waals surface area contributed by atoms with Gasteiger partial charge >= 0.3 is 0 Å². The Hall–Kier alpha value is -1.90. The maximum Gasteiger partial charge on any atom is 0.159 e. The van der Waals surface area contributed by atoms with Crippen LogP contribution in [0.1, 0.15) is 128 Å². The van der Waals surface area contributed by atoms with Crippen molar-refractivity contribution in [2.45, 2.75) is 130 Å². The number of unbranched alkanes of at least 4 members (excludes halogenated alkanes) is 7. The van der Waals surface area contributed by atoms with Crippen LogP contribution in [0, 0.1) is 12.3 Å². The molecule has 0 unspecified atom stereocenters. The fraction of sp³-hybridized carbons (Fsp3) is 0.688. The van der Waals surface area contributed by atoms with Gasteiger partial charge in [-0.1, -0.05) is 96.6 Å². The van der Waals surface area contributed by atoms with Gasteiger partial charge in [-0.05, 0) is 68.1 Å². The molecule has 1 aliphatic rings. The number of nitrogens with zero attached hydrogens (tertiary/aromatic N) is 2. The minimum Gasteiger partial charge on any atom is -0.490 e. The third-order valence-corrected chi connectivity index (χ3v) is 8.15. The number of benzene rings is 1. The van der Waals surface area contributed by atoms with Crippen molar-refractivity contribution >= 4 is 0 Å². The molecule has 3 rings (SSSR count). The zero-order valence-corrected chi connectivity index (χ0v) is 22.9. The highest BCUT2D eigenvalue weighted by Gasteiger charge is 2.31. The zero-order chi connectivity index (χ0) is 24.8. The van der Waals surface area contributed by atoms with Crippen LogP contribution in [0.4, 0.5) is 0 Å². The largest absolute Gasteiger partial charge is 0.490 e. The maximum atomic E-state index is 5.71. The van der Waals surface area contributed by atoms with E-state index in [4.69, 9.17) is 4.74 Å². The topological polar surface area (TPSA) is 35.0 Å². The van der Waals surface area contributed by atoms with Gasteiger partial charge in [0.15, 0.2) is 11.6 Å². The third kappa shape index (κ3) is 9.24. The molecule has 0 atom stereocenters. The Labute approximate surface area is 215 Å². The van der Waals surface area contributed by atoms with Crippen molar-refractivity contribution < 1.29 is 4.74 Å². The lowest BCUT2D eigenvalue weighted by Crippen LogP contribution is -2.25. The molecule has 0 saturated heterocycles. The fourth-order valence-electron chi connectivity index (χ4n) is 5.77. The molecule has 0 spiro atoms. The van der Waals surface area contributed by atoms with Crippen LogP contribution in [0.3, 0.4) is 0 Å². The Kier molecular flexibility index (Phi) is 12.1. The van der Waals surface area contributed by atoms with Gasteiger partial charge in [0, 0.05) is 5.56 Å². The van der Waals surface area contributed by atoms with Gasteiger partial charge in [-0.25, -0.2) is 9.97 Å². The highest BCUT2D eigenvalue weighted by Crippen LogP contribution is 2.44. The standard InChI is InChI=1S/C32H50N2O/c1-4-6-8-9-10-11-13-19-32(20-14-12-15-21-32)22-18-28-16-17-29(24-27(28)3)31-33-25-30(26-34-31)35-23-7-5-2/h16-17,24-26H,4-15,18-23H2,1-3H3. The first-order chi connectivity index (χ1) is 17.2. The van der Waals surface area contributed by atoms with Gasteiger partial charge in [0.1, 0.15) is 0 Å². The van der Waals surface area contributed by atoms with Crippen LogP contribution >= 0.6 is 0 Å². The van der Waals surface area contributed by atoms with Crippen LogP contribution < -0.4 is 4.74 Å². The molecular weight excluding hydrogens is 428 g/mol. The summed E-state index contributed by atoms with van der Waals surface area (Å²) in [6.45, 7) is 7.45. The zero-order valence-electron chi connectivity index (χ0n) is 22.9. The van der Waals surface area contributed by atoms with E-state index in [1.165, 1.54) is 107 Å². The van der Waals surface area contributed by atoms with Gasteiger partial charge in [0.2, 0.25) is 0 Å². The summed E-state index contributed by atoms with van der Waals surface area (Å²) < 4.78 is 5.71. The van der Waals surface area contributed by atoms with Gasteiger partial charge in [-0.15, -0.1) is 0 Å². The highest BCUT2D eigenvalue weighted by atomic mass is 16.5. The number of aromatic nitrogens is 2. The average molecular weight is 479 g/mol. The summed E-state index contributed by atoms with van der Waals surface area (Å²) in [5.74, 6) is 1.54. The Morgan fingerprint density at radius 2 is 1.49 bits per heavy atom. The first kappa shape index (κ1) is 27.7. The highest BCUT2D eigenvalue weighted by molar-refractivity contribution is 5.57. The molecule has 0 aliphatic heterocycles. The number of ether oxygens (including phenoxy) is 1. The van der Waals surface area contributed by atoms with E-state index in [1.807, 2.05) is 0 Å². The molecule has 1 fully saturated rings. The van der Waals surface area contributed by atoms with Crippen molar-refractivity contribution in [2.75, 3.05) is 6.61 Å². The smallest absolute Gasteiger partial charge is 0.159 e. The van der Waals surface area contributed by atoms with Crippen LogP contribution in [0.5, 0.6) is 5.75 Å². The average Bonchev–Trinajstić information content (AvgIpc) is 2.89. The Morgan fingerprint density at radius 3 is 2.17 bits per heavy atom. The molecular formula is C32H50N2O. The summed E-state index contributed by atoms with van der Waals surface area (Å²) in [6, 6.07) is 6.80. The molecule has 0 bridgehead atoms. The SMILES string of the molecule is CCCCCCCCCC1(CCc2ccc(-c3ncc(OCCCC)cn3)cc2C)CCCCC1. The molecule has 1 aromatic carbocycles. The molecule has 1 aromatic heterocycles. The summed E-state index contributed by atoms with van der Waals surface area (Å²) in [7, 11) is 0. The summed E-state index contributed by atoms with van der Waals surface area (Å²) in [6.07, 6.45) is 26.9. The first-order valence-corrected chi connectivity index (χ1v) is 14.7. The van der Waals surface area contributed by atoms with E-state index in [2.05, 4.69) is 48.9 Å². The van der Waals surface area contributed by atoms with Gasteiger partial charge in [0.25, 0.3) is 0 Å². The van der Waals surface area contributed by atoms with E-state index in [0.717, 1.165) is 36.6 Å². The minimum atomic E-state index is 0.587. The molecule has 1 heterocycles. The quantitative estimate of drug-likeness (QED) is 0.225. The predicted octanol–water partition coefficient (Wildman–Crippen LogP) is 9.65. The van der Waals surface area contributed by atoms with Crippen LogP contribution in [0.15, 0.2) is 30.6 Å². The molecule has 2 aromatic rings. The predicted molar refractivity (Wildman–Crippen MR) is 149 cm³/mol. The second-order valence-electron chi connectivity index (χ2n) is 11.0. The van der Waals surface area contributed by atoms with Gasteiger partial charge in [-0.2, -0.15) is 0 Å². The molecule has 3 nitrogen and oxygen atoms in total. The molecule has 3 heteroatoms.